The summed E-state index contributed by atoms with van der Waals surface area (Å²) in [5, 5.41) is 17.8. The summed E-state index contributed by atoms with van der Waals surface area (Å²) in [5.74, 6) is 0.892. The van der Waals surface area contributed by atoms with Crippen molar-refractivity contribution in [3.8, 4) is 34.1 Å². The maximum absolute atomic E-state index is 12.6. The number of fused-ring (bicyclic) bond motifs is 1. The molecule has 0 aliphatic heterocycles. The van der Waals surface area contributed by atoms with Gasteiger partial charge in [-0.05, 0) is 61.0 Å². The van der Waals surface area contributed by atoms with Crippen molar-refractivity contribution in [1.82, 2.24) is 30.0 Å². The maximum atomic E-state index is 12.6. The van der Waals surface area contributed by atoms with Gasteiger partial charge in [0.2, 0.25) is 5.88 Å². The number of benzene rings is 2. The first-order valence-electron chi connectivity index (χ1n) is 11.1. The summed E-state index contributed by atoms with van der Waals surface area (Å²) >= 11 is 0. The predicted molar refractivity (Wildman–Crippen MR) is 132 cm³/mol. The monoisotopic (exact) mass is 468 g/mol. The van der Waals surface area contributed by atoms with Crippen molar-refractivity contribution >= 4 is 16.9 Å². The van der Waals surface area contributed by atoms with Crippen LogP contribution in [0.4, 0.5) is 0 Å². The highest BCUT2D eigenvalue weighted by atomic mass is 16.5. The average Bonchev–Trinajstić information content (AvgIpc) is 3.49. The van der Waals surface area contributed by atoms with Gasteiger partial charge in [0.1, 0.15) is 11.6 Å². The fourth-order valence-electron chi connectivity index (χ4n) is 3.92. The first kappa shape index (κ1) is 22.1. The number of hydrogen-bond acceptors (Lipinski definition) is 6. The molecule has 176 valence electrons. The van der Waals surface area contributed by atoms with E-state index in [0.29, 0.717) is 47.0 Å². The fraction of sp³-hybridized carbons (Fsp3) is 0.154. The number of rotatable bonds is 7. The van der Waals surface area contributed by atoms with E-state index in [1.807, 2.05) is 37.4 Å². The summed E-state index contributed by atoms with van der Waals surface area (Å²) in [4.78, 5) is 24.7. The van der Waals surface area contributed by atoms with Crippen LogP contribution in [0.3, 0.4) is 0 Å². The number of H-pyrrole nitrogens is 1. The van der Waals surface area contributed by atoms with Gasteiger partial charge in [0.15, 0.2) is 0 Å². The first-order chi connectivity index (χ1) is 17.0. The highest BCUT2D eigenvalue weighted by Gasteiger charge is 2.15. The lowest BCUT2D eigenvalue weighted by Crippen LogP contribution is -2.27. The quantitative estimate of drug-likeness (QED) is 0.333. The van der Waals surface area contributed by atoms with E-state index in [9.17, 15) is 9.90 Å². The molecule has 3 heterocycles. The molecule has 0 saturated carbocycles. The summed E-state index contributed by atoms with van der Waals surface area (Å²) in [6.45, 7) is 2.98. The number of aryl methyl sites for hydroxylation is 1. The summed E-state index contributed by atoms with van der Waals surface area (Å²) in [5.41, 5.74) is 5.00. The molecule has 0 spiro atoms. The standard InChI is InChI=1S/C26H24N6O3/c1-16-9-12-32(31-16)13-11-27-25(34)18-5-7-21-22(15-18)30-24(29-21)20-14-17(6-8-23(20)33)19-4-3-10-28-26(19)35-2/h3-10,12,14-15,33H,11,13H2,1-2H3,(H,27,34)(H,29,30). The Morgan fingerprint density at radius 3 is 2.83 bits per heavy atom. The zero-order valence-electron chi connectivity index (χ0n) is 19.3. The molecule has 9 nitrogen and oxygen atoms in total. The second-order valence-electron chi connectivity index (χ2n) is 8.09. The molecule has 3 aromatic heterocycles. The Morgan fingerprint density at radius 1 is 1.14 bits per heavy atom. The number of carbonyl (C=O) groups excluding carboxylic acids is 1. The number of hydrogen-bond donors (Lipinski definition) is 3. The lowest BCUT2D eigenvalue weighted by molar-refractivity contribution is 0.0952. The number of aromatic amines is 1. The number of carbonyl (C=O) groups is 1. The Labute approximate surface area is 201 Å². The Kier molecular flexibility index (Phi) is 5.88. The van der Waals surface area contributed by atoms with E-state index < -0.39 is 0 Å². The normalized spacial score (nSPS) is 11.0. The van der Waals surface area contributed by atoms with E-state index in [1.165, 1.54) is 0 Å². The molecule has 1 amide bonds. The average molecular weight is 469 g/mol. The number of amides is 1. The van der Waals surface area contributed by atoms with Crippen molar-refractivity contribution in [3.63, 3.8) is 0 Å². The molecule has 0 atom stereocenters. The van der Waals surface area contributed by atoms with Gasteiger partial charge in [0, 0.05) is 30.1 Å². The number of aromatic hydroxyl groups is 1. The number of nitrogens with one attached hydrogen (secondary N) is 2. The number of methoxy groups -OCH3 is 1. The van der Waals surface area contributed by atoms with Crippen LogP contribution in [0.1, 0.15) is 16.1 Å². The number of pyridine rings is 1. The molecule has 0 saturated heterocycles. The molecule has 5 rings (SSSR count). The second kappa shape index (κ2) is 9.30. The van der Waals surface area contributed by atoms with Gasteiger partial charge >= 0.3 is 0 Å². The number of aromatic nitrogens is 5. The Balaban J connectivity index is 1.38. The van der Waals surface area contributed by atoms with Crippen molar-refractivity contribution in [2.75, 3.05) is 13.7 Å². The largest absolute Gasteiger partial charge is 0.507 e. The maximum Gasteiger partial charge on any atom is 0.251 e. The summed E-state index contributed by atoms with van der Waals surface area (Å²) in [6.07, 6.45) is 3.55. The third-order valence-corrected chi connectivity index (χ3v) is 5.67. The summed E-state index contributed by atoms with van der Waals surface area (Å²) in [6, 6.07) is 16.2. The fourth-order valence-corrected chi connectivity index (χ4v) is 3.92. The summed E-state index contributed by atoms with van der Waals surface area (Å²) in [7, 11) is 1.57. The van der Waals surface area contributed by atoms with Gasteiger partial charge in [-0.2, -0.15) is 5.10 Å². The van der Waals surface area contributed by atoms with Crippen LogP contribution >= 0.6 is 0 Å². The first-order valence-corrected chi connectivity index (χ1v) is 11.1. The Hall–Kier alpha value is -4.66. The molecule has 0 radical (unpaired) electrons. The zero-order valence-corrected chi connectivity index (χ0v) is 19.3. The minimum Gasteiger partial charge on any atom is -0.507 e. The van der Waals surface area contributed by atoms with E-state index in [4.69, 9.17) is 4.74 Å². The number of ether oxygens (including phenoxy) is 1. The van der Waals surface area contributed by atoms with Crippen LogP contribution in [0.25, 0.3) is 33.5 Å². The van der Waals surface area contributed by atoms with Crippen LogP contribution < -0.4 is 10.1 Å². The highest BCUT2D eigenvalue weighted by molar-refractivity contribution is 5.97. The molecule has 0 aliphatic carbocycles. The van der Waals surface area contributed by atoms with Gasteiger partial charge < -0.3 is 20.1 Å². The lowest BCUT2D eigenvalue weighted by Gasteiger charge is -2.09. The minimum atomic E-state index is -0.180. The minimum absolute atomic E-state index is 0.0856. The van der Waals surface area contributed by atoms with E-state index >= 15 is 0 Å². The van der Waals surface area contributed by atoms with Gasteiger partial charge in [0.05, 0.1) is 35.9 Å². The molecule has 0 aliphatic rings. The third kappa shape index (κ3) is 4.56. The van der Waals surface area contributed by atoms with Gasteiger partial charge in [-0.1, -0.05) is 6.07 Å². The van der Waals surface area contributed by atoms with Gasteiger partial charge in [-0.3, -0.25) is 9.48 Å². The van der Waals surface area contributed by atoms with Crippen molar-refractivity contribution in [2.24, 2.45) is 0 Å². The van der Waals surface area contributed by atoms with Crippen LogP contribution in [-0.2, 0) is 6.54 Å². The van der Waals surface area contributed by atoms with E-state index in [-0.39, 0.29) is 11.7 Å². The second-order valence-corrected chi connectivity index (χ2v) is 8.09. The molecular formula is C26H24N6O3. The van der Waals surface area contributed by atoms with Crippen LogP contribution in [0.5, 0.6) is 11.6 Å². The molecular weight excluding hydrogens is 444 g/mol. The SMILES string of the molecule is COc1ncccc1-c1ccc(O)c(-c2nc3ccc(C(=O)NCCn4ccc(C)n4)cc3[nH]2)c1. The van der Waals surface area contributed by atoms with Crippen LogP contribution in [-0.4, -0.2) is 49.4 Å². The lowest BCUT2D eigenvalue weighted by atomic mass is 10.0. The molecule has 0 fully saturated rings. The van der Waals surface area contributed by atoms with Gasteiger partial charge in [-0.25, -0.2) is 9.97 Å². The molecule has 3 N–H and O–H groups in total. The predicted octanol–water partition coefficient (Wildman–Crippen LogP) is 3.94. The molecule has 2 aromatic carbocycles. The van der Waals surface area contributed by atoms with E-state index in [0.717, 1.165) is 16.8 Å². The number of phenolic OH excluding ortho intramolecular Hbond substituents is 1. The van der Waals surface area contributed by atoms with E-state index in [1.54, 1.807) is 48.3 Å². The Morgan fingerprint density at radius 2 is 2.03 bits per heavy atom. The molecule has 0 unspecified atom stereocenters. The topological polar surface area (TPSA) is 118 Å². The summed E-state index contributed by atoms with van der Waals surface area (Å²) < 4.78 is 7.17. The van der Waals surface area contributed by atoms with Crippen molar-refractivity contribution in [3.05, 3.63) is 78.2 Å². The van der Waals surface area contributed by atoms with Crippen LogP contribution in [0.15, 0.2) is 67.0 Å². The molecule has 0 bridgehead atoms. The third-order valence-electron chi connectivity index (χ3n) is 5.67. The van der Waals surface area contributed by atoms with Crippen LogP contribution in [0, 0.1) is 6.92 Å². The molecule has 5 aromatic rings. The van der Waals surface area contributed by atoms with Crippen molar-refractivity contribution in [2.45, 2.75) is 13.5 Å². The number of nitrogens with zero attached hydrogens (tertiary/aromatic N) is 4. The van der Waals surface area contributed by atoms with Crippen LogP contribution in [0.2, 0.25) is 0 Å². The number of phenols is 1. The smallest absolute Gasteiger partial charge is 0.251 e. The Bertz CT molecular complexity index is 1520. The molecule has 35 heavy (non-hydrogen) atoms. The van der Waals surface area contributed by atoms with Crippen molar-refractivity contribution in [1.29, 1.82) is 0 Å². The molecule has 9 heteroatoms. The highest BCUT2D eigenvalue weighted by Crippen LogP contribution is 2.35. The zero-order chi connectivity index (χ0) is 24.4. The number of imidazole rings is 1. The van der Waals surface area contributed by atoms with Crippen molar-refractivity contribution < 1.29 is 14.6 Å². The van der Waals surface area contributed by atoms with E-state index in [2.05, 4.69) is 25.4 Å². The van der Waals surface area contributed by atoms with Gasteiger partial charge in [0.25, 0.3) is 5.91 Å². The van der Waals surface area contributed by atoms with Gasteiger partial charge in [-0.15, -0.1) is 0 Å².